The second kappa shape index (κ2) is 6.66. The lowest BCUT2D eigenvalue weighted by Gasteiger charge is -2.16. The van der Waals surface area contributed by atoms with Crippen LogP contribution in [0.2, 0.25) is 0 Å². The summed E-state index contributed by atoms with van der Waals surface area (Å²) in [6.07, 6.45) is 0.788. The van der Waals surface area contributed by atoms with Gasteiger partial charge in [0.25, 0.3) is 5.91 Å². The first-order valence-corrected chi connectivity index (χ1v) is 5.33. The van der Waals surface area contributed by atoms with Crippen LogP contribution < -0.4 is 0 Å². The minimum absolute atomic E-state index is 0.0547. The number of nitrogens with zero attached hydrogens (tertiary/aromatic N) is 3. The van der Waals surface area contributed by atoms with Crippen molar-refractivity contribution in [3.8, 4) is 6.07 Å². The van der Waals surface area contributed by atoms with E-state index in [1.54, 1.807) is 0 Å². The molecular weight excluding hydrogens is 222 g/mol. The van der Waals surface area contributed by atoms with Crippen LogP contribution in [0, 0.1) is 11.3 Å². The zero-order chi connectivity index (χ0) is 12.7. The normalized spacial score (nSPS) is 9.94. The smallest absolute Gasteiger partial charge is 0.276 e. The molecule has 1 heterocycles. The third-order valence-electron chi connectivity index (χ3n) is 2.11. The fraction of sp³-hybridized carbons (Fsp3) is 0.545. The highest BCUT2D eigenvalue weighted by molar-refractivity contribution is 5.92. The molecule has 0 atom stereocenters. The highest BCUT2D eigenvalue weighted by Gasteiger charge is 2.18. The van der Waals surface area contributed by atoms with Crippen molar-refractivity contribution in [3.63, 3.8) is 0 Å². The van der Waals surface area contributed by atoms with Crippen molar-refractivity contribution >= 4 is 5.91 Å². The maximum Gasteiger partial charge on any atom is 0.276 e. The molecule has 0 aromatic carbocycles. The fourth-order valence-electron chi connectivity index (χ4n) is 1.39. The minimum atomic E-state index is -0.292. The van der Waals surface area contributed by atoms with Crippen molar-refractivity contribution in [2.45, 2.75) is 20.0 Å². The Balaban J connectivity index is 2.74. The van der Waals surface area contributed by atoms with Crippen LogP contribution in [0.5, 0.6) is 0 Å². The number of hydrogen-bond acceptors (Lipinski definition) is 5. The van der Waals surface area contributed by atoms with E-state index >= 15 is 0 Å². The largest absolute Gasteiger partial charge is 0.377 e. The third-order valence-corrected chi connectivity index (χ3v) is 2.11. The number of rotatable bonds is 6. The Morgan fingerprint density at radius 3 is 3.06 bits per heavy atom. The van der Waals surface area contributed by atoms with Gasteiger partial charge in [0.05, 0.1) is 6.07 Å². The molecule has 0 saturated heterocycles. The predicted molar refractivity (Wildman–Crippen MR) is 59.0 cm³/mol. The molecule has 1 rings (SSSR count). The lowest BCUT2D eigenvalue weighted by Crippen LogP contribution is -2.32. The van der Waals surface area contributed by atoms with Crippen molar-refractivity contribution in [2.75, 3.05) is 20.2 Å². The van der Waals surface area contributed by atoms with E-state index in [4.69, 9.17) is 14.5 Å². The van der Waals surface area contributed by atoms with E-state index in [9.17, 15) is 4.79 Å². The molecule has 17 heavy (non-hydrogen) atoms. The number of nitriles is 1. The van der Waals surface area contributed by atoms with Gasteiger partial charge in [0.15, 0.2) is 11.5 Å². The number of carbonyl (C=O) groups is 1. The average Bonchev–Trinajstić information content (AvgIpc) is 2.77. The van der Waals surface area contributed by atoms with Crippen LogP contribution in [0.1, 0.15) is 29.6 Å². The molecule has 0 fully saturated rings. The van der Waals surface area contributed by atoms with E-state index in [-0.39, 0.29) is 24.8 Å². The Kier molecular flexibility index (Phi) is 5.17. The summed E-state index contributed by atoms with van der Waals surface area (Å²) in [7, 11) is 1.53. The number of methoxy groups -OCH3 is 1. The Bertz CT molecular complexity index is 408. The lowest BCUT2D eigenvalue weighted by atomic mass is 10.3. The van der Waals surface area contributed by atoms with Gasteiger partial charge in [0.1, 0.15) is 13.2 Å². The molecule has 92 valence electrons. The van der Waals surface area contributed by atoms with Crippen LogP contribution in [-0.2, 0) is 11.3 Å². The standard InChI is InChI=1S/C11H15N3O3/c1-3-5-14(6-4-12)11(15)10-7-9(8-16-2)17-13-10/h7H,3,5-6,8H2,1-2H3. The van der Waals surface area contributed by atoms with Gasteiger partial charge in [-0.2, -0.15) is 5.26 Å². The summed E-state index contributed by atoms with van der Waals surface area (Å²) >= 11 is 0. The van der Waals surface area contributed by atoms with E-state index in [0.717, 1.165) is 6.42 Å². The van der Waals surface area contributed by atoms with Gasteiger partial charge in [-0.25, -0.2) is 0 Å². The Labute approximate surface area is 99.7 Å². The van der Waals surface area contributed by atoms with Crippen LogP contribution in [0.3, 0.4) is 0 Å². The minimum Gasteiger partial charge on any atom is -0.377 e. The number of ether oxygens (including phenoxy) is 1. The van der Waals surface area contributed by atoms with Crippen molar-refractivity contribution < 1.29 is 14.1 Å². The number of hydrogen-bond donors (Lipinski definition) is 0. The van der Waals surface area contributed by atoms with E-state index in [0.29, 0.717) is 12.3 Å². The molecule has 0 unspecified atom stereocenters. The summed E-state index contributed by atoms with van der Waals surface area (Å²) in [4.78, 5) is 13.4. The fourth-order valence-corrected chi connectivity index (χ4v) is 1.39. The lowest BCUT2D eigenvalue weighted by molar-refractivity contribution is 0.0765. The number of carbonyl (C=O) groups excluding carboxylic acids is 1. The van der Waals surface area contributed by atoms with E-state index in [1.165, 1.54) is 18.1 Å². The predicted octanol–water partition coefficient (Wildman–Crippen LogP) is 1.20. The molecule has 1 aromatic heterocycles. The quantitative estimate of drug-likeness (QED) is 0.694. The van der Waals surface area contributed by atoms with E-state index in [2.05, 4.69) is 5.16 Å². The molecule has 0 saturated carbocycles. The summed E-state index contributed by atoms with van der Waals surface area (Å²) in [6.45, 7) is 2.79. The second-order valence-corrected chi connectivity index (χ2v) is 3.50. The first kappa shape index (κ1) is 13.2. The molecule has 0 radical (unpaired) electrons. The summed E-state index contributed by atoms with van der Waals surface area (Å²) in [5, 5.41) is 12.3. The zero-order valence-corrected chi connectivity index (χ0v) is 9.97. The van der Waals surface area contributed by atoms with Crippen LogP contribution in [0.25, 0.3) is 0 Å². The molecule has 1 amide bonds. The maximum atomic E-state index is 12.0. The molecular formula is C11H15N3O3. The van der Waals surface area contributed by atoms with Crippen molar-refractivity contribution in [1.29, 1.82) is 5.26 Å². The molecule has 1 aromatic rings. The van der Waals surface area contributed by atoms with Crippen molar-refractivity contribution in [3.05, 3.63) is 17.5 Å². The molecule has 0 spiro atoms. The van der Waals surface area contributed by atoms with Crippen molar-refractivity contribution in [2.24, 2.45) is 0 Å². The Morgan fingerprint density at radius 2 is 2.47 bits per heavy atom. The molecule has 0 aliphatic rings. The van der Waals surface area contributed by atoms with Crippen LogP contribution >= 0.6 is 0 Å². The van der Waals surface area contributed by atoms with Gasteiger partial charge >= 0.3 is 0 Å². The van der Waals surface area contributed by atoms with Crippen LogP contribution in [0.15, 0.2) is 10.6 Å². The summed E-state index contributed by atoms with van der Waals surface area (Å²) in [5.41, 5.74) is 0.209. The maximum absolute atomic E-state index is 12.0. The van der Waals surface area contributed by atoms with Crippen molar-refractivity contribution in [1.82, 2.24) is 10.1 Å². The molecule has 0 N–H and O–H groups in total. The highest BCUT2D eigenvalue weighted by Crippen LogP contribution is 2.08. The number of amides is 1. The van der Waals surface area contributed by atoms with Gasteiger partial charge in [-0.15, -0.1) is 0 Å². The van der Waals surface area contributed by atoms with Crippen LogP contribution in [-0.4, -0.2) is 36.2 Å². The Hall–Kier alpha value is -1.87. The third kappa shape index (κ3) is 3.57. The molecule has 0 aliphatic carbocycles. The van der Waals surface area contributed by atoms with E-state index < -0.39 is 0 Å². The molecule has 0 aliphatic heterocycles. The summed E-state index contributed by atoms with van der Waals surface area (Å²) in [6, 6.07) is 3.49. The average molecular weight is 237 g/mol. The first-order valence-electron chi connectivity index (χ1n) is 5.33. The topological polar surface area (TPSA) is 79.4 Å². The summed E-state index contributed by atoms with van der Waals surface area (Å²) < 4.78 is 9.79. The Morgan fingerprint density at radius 1 is 1.71 bits per heavy atom. The van der Waals surface area contributed by atoms with E-state index in [1.807, 2.05) is 13.0 Å². The van der Waals surface area contributed by atoms with Gasteiger partial charge in [-0.05, 0) is 6.42 Å². The van der Waals surface area contributed by atoms with Gasteiger partial charge < -0.3 is 14.2 Å². The molecule has 0 bridgehead atoms. The van der Waals surface area contributed by atoms with Crippen LogP contribution in [0.4, 0.5) is 0 Å². The zero-order valence-electron chi connectivity index (χ0n) is 9.97. The van der Waals surface area contributed by atoms with Gasteiger partial charge in [-0.3, -0.25) is 4.79 Å². The number of aromatic nitrogens is 1. The van der Waals surface area contributed by atoms with Gasteiger partial charge in [0, 0.05) is 19.7 Å². The SMILES string of the molecule is CCCN(CC#N)C(=O)c1cc(COC)on1. The highest BCUT2D eigenvalue weighted by atomic mass is 16.5. The molecule has 6 heteroatoms. The monoisotopic (exact) mass is 237 g/mol. The second-order valence-electron chi connectivity index (χ2n) is 3.50. The molecule has 6 nitrogen and oxygen atoms in total. The summed E-state index contributed by atoms with van der Waals surface area (Å²) in [5.74, 6) is 0.198. The van der Waals surface area contributed by atoms with Gasteiger partial charge in [0.2, 0.25) is 0 Å². The van der Waals surface area contributed by atoms with Gasteiger partial charge in [-0.1, -0.05) is 12.1 Å². The first-order chi connectivity index (χ1) is 8.22.